The Morgan fingerprint density at radius 1 is 1.59 bits per heavy atom. The summed E-state index contributed by atoms with van der Waals surface area (Å²) in [5, 5.41) is 10.5. The number of alkyl halides is 2. The molecule has 0 aliphatic carbocycles. The number of hydrogen-bond donors (Lipinski definition) is 0. The molecule has 0 atom stereocenters. The van der Waals surface area contributed by atoms with Gasteiger partial charge in [0.1, 0.15) is 5.69 Å². The molecule has 1 rings (SSSR count). The summed E-state index contributed by atoms with van der Waals surface area (Å²) in [7, 11) is 0.888. The monoisotopic (exact) mass is 250 g/mol. The van der Waals surface area contributed by atoms with Gasteiger partial charge in [-0.1, -0.05) is 0 Å². The molecule has 0 spiro atoms. The van der Waals surface area contributed by atoms with Crippen molar-refractivity contribution in [3.8, 4) is 0 Å². The number of ether oxygens (including phenoxy) is 1. The number of carbonyl (C=O) groups is 1. The third-order valence-electron chi connectivity index (χ3n) is 1.77. The van der Waals surface area contributed by atoms with Gasteiger partial charge in [-0.2, -0.15) is 0 Å². The van der Waals surface area contributed by atoms with Crippen LogP contribution in [0.4, 0.5) is 18.9 Å². The van der Waals surface area contributed by atoms with Crippen LogP contribution in [-0.4, -0.2) is 23.0 Å². The van der Waals surface area contributed by atoms with Gasteiger partial charge in [0.25, 0.3) is 6.43 Å². The van der Waals surface area contributed by atoms with E-state index in [2.05, 4.69) is 9.72 Å². The molecule has 1 aromatic heterocycles. The van der Waals surface area contributed by atoms with Crippen LogP contribution in [0.2, 0.25) is 0 Å². The summed E-state index contributed by atoms with van der Waals surface area (Å²) in [6, 6.07) is 0.209. The standard InChI is InChI=1S/C8H5F3N2O4/c1-17-8(14)6-4(13(15)16)2-3(9)5(12-6)7(10)11/h2,7H,1H3. The van der Waals surface area contributed by atoms with Gasteiger partial charge in [-0.05, 0) is 0 Å². The second kappa shape index (κ2) is 4.76. The van der Waals surface area contributed by atoms with Crippen molar-refractivity contribution in [1.82, 2.24) is 4.98 Å². The zero-order valence-electron chi connectivity index (χ0n) is 8.32. The SMILES string of the molecule is COC(=O)c1nc(C(F)F)c(F)cc1[N+](=O)[O-]. The first-order valence-electron chi connectivity index (χ1n) is 4.09. The Balaban J connectivity index is 3.47. The lowest BCUT2D eigenvalue weighted by atomic mass is 10.2. The van der Waals surface area contributed by atoms with Crippen LogP contribution >= 0.6 is 0 Å². The number of rotatable bonds is 3. The van der Waals surface area contributed by atoms with Crippen LogP contribution in [0.25, 0.3) is 0 Å². The zero-order chi connectivity index (χ0) is 13.2. The summed E-state index contributed by atoms with van der Waals surface area (Å²) in [5.41, 5.74) is -3.33. The van der Waals surface area contributed by atoms with Gasteiger partial charge < -0.3 is 4.74 Å². The van der Waals surface area contributed by atoms with E-state index in [-0.39, 0.29) is 6.07 Å². The van der Waals surface area contributed by atoms with Crippen molar-refractivity contribution in [3.05, 3.63) is 33.4 Å². The van der Waals surface area contributed by atoms with Gasteiger partial charge in [-0.3, -0.25) is 10.1 Å². The Morgan fingerprint density at radius 2 is 2.18 bits per heavy atom. The van der Waals surface area contributed by atoms with Gasteiger partial charge in [-0.25, -0.2) is 22.9 Å². The van der Waals surface area contributed by atoms with Crippen molar-refractivity contribution >= 4 is 11.7 Å². The van der Waals surface area contributed by atoms with Crippen LogP contribution in [0.15, 0.2) is 6.07 Å². The Morgan fingerprint density at radius 3 is 2.59 bits per heavy atom. The van der Waals surface area contributed by atoms with E-state index in [9.17, 15) is 28.1 Å². The molecule has 17 heavy (non-hydrogen) atoms. The third-order valence-corrected chi connectivity index (χ3v) is 1.77. The minimum absolute atomic E-state index is 0.209. The Labute approximate surface area is 92.2 Å². The smallest absolute Gasteiger partial charge is 0.363 e. The van der Waals surface area contributed by atoms with Gasteiger partial charge in [0, 0.05) is 0 Å². The van der Waals surface area contributed by atoms with Crippen LogP contribution in [-0.2, 0) is 4.74 Å². The van der Waals surface area contributed by atoms with Gasteiger partial charge in [0.15, 0.2) is 5.82 Å². The van der Waals surface area contributed by atoms with Gasteiger partial charge in [0.2, 0.25) is 5.69 Å². The Hall–Kier alpha value is -2.19. The molecule has 0 saturated carbocycles. The van der Waals surface area contributed by atoms with E-state index in [0.29, 0.717) is 0 Å². The normalized spacial score (nSPS) is 10.4. The van der Waals surface area contributed by atoms with Crippen LogP contribution in [0.3, 0.4) is 0 Å². The summed E-state index contributed by atoms with van der Waals surface area (Å²) in [6.07, 6.45) is -3.29. The van der Waals surface area contributed by atoms with Crippen molar-refractivity contribution in [2.45, 2.75) is 6.43 Å². The minimum atomic E-state index is -3.29. The molecule has 1 heterocycles. The number of nitro groups is 1. The fourth-order valence-electron chi connectivity index (χ4n) is 1.03. The number of hydrogen-bond acceptors (Lipinski definition) is 5. The summed E-state index contributed by atoms with van der Waals surface area (Å²) in [5.74, 6) is -2.85. The molecule has 9 heteroatoms. The van der Waals surface area contributed by atoms with E-state index in [4.69, 9.17) is 0 Å². The molecular weight excluding hydrogens is 245 g/mol. The van der Waals surface area contributed by atoms with E-state index in [1.54, 1.807) is 0 Å². The largest absolute Gasteiger partial charge is 0.464 e. The summed E-state index contributed by atoms with van der Waals surface area (Å²) in [4.78, 5) is 23.4. The Kier molecular flexibility index (Phi) is 3.61. The molecule has 0 saturated heterocycles. The van der Waals surface area contributed by atoms with Crippen molar-refractivity contribution in [2.24, 2.45) is 0 Å². The maximum Gasteiger partial charge on any atom is 0.363 e. The average molecular weight is 250 g/mol. The highest BCUT2D eigenvalue weighted by molar-refractivity contribution is 5.91. The molecule has 6 nitrogen and oxygen atoms in total. The predicted octanol–water partition coefficient (Wildman–Crippen LogP) is 1.85. The molecule has 92 valence electrons. The number of nitrogens with zero attached hydrogens (tertiary/aromatic N) is 2. The lowest BCUT2D eigenvalue weighted by molar-refractivity contribution is -0.385. The number of aromatic nitrogens is 1. The Bertz CT molecular complexity index is 478. The lowest BCUT2D eigenvalue weighted by Crippen LogP contribution is -2.12. The highest BCUT2D eigenvalue weighted by Crippen LogP contribution is 2.26. The molecular formula is C8H5F3N2O4. The van der Waals surface area contributed by atoms with E-state index in [0.717, 1.165) is 7.11 Å². The second-order valence-corrected chi connectivity index (χ2v) is 2.77. The maximum absolute atomic E-state index is 13.0. The number of pyridine rings is 1. The molecule has 0 amide bonds. The van der Waals surface area contributed by atoms with Crippen LogP contribution in [0.1, 0.15) is 22.6 Å². The molecule has 0 unspecified atom stereocenters. The summed E-state index contributed by atoms with van der Waals surface area (Å²) >= 11 is 0. The zero-order valence-corrected chi connectivity index (χ0v) is 8.32. The molecule has 0 N–H and O–H groups in total. The van der Waals surface area contributed by atoms with Crippen molar-refractivity contribution < 1.29 is 27.6 Å². The molecule has 0 fully saturated rings. The molecule has 0 aliphatic rings. The quantitative estimate of drug-likeness (QED) is 0.464. The molecule has 0 aromatic carbocycles. The van der Waals surface area contributed by atoms with E-state index < -0.39 is 40.2 Å². The van der Waals surface area contributed by atoms with Gasteiger partial charge in [0.05, 0.1) is 18.1 Å². The van der Waals surface area contributed by atoms with E-state index in [1.165, 1.54) is 0 Å². The first-order chi connectivity index (χ1) is 7.88. The first-order valence-corrected chi connectivity index (χ1v) is 4.09. The lowest BCUT2D eigenvalue weighted by Gasteiger charge is -2.04. The predicted molar refractivity (Wildman–Crippen MR) is 47.1 cm³/mol. The van der Waals surface area contributed by atoms with Crippen LogP contribution in [0.5, 0.6) is 0 Å². The van der Waals surface area contributed by atoms with E-state index in [1.807, 2.05) is 0 Å². The second-order valence-electron chi connectivity index (χ2n) is 2.77. The van der Waals surface area contributed by atoms with Crippen molar-refractivity contribution in [1.29, 1.82) is 0 Å². The fourth-order valence-corrected chi connectivity index (χ4v) is 1.03. The van der Waals surface area contributed by atoms with Crippen LogP contribution in [0, 0.1) is 15.9 Å². The minimum Gasteiger partial charge on any atom is -0.464 e. The van der Waals surface area contributed by atoms with Gasteiger partial charge >= 0.3 is 11.7 Å². The number of carbonyl (C=O) groups excluding carboxylic acids is 1. The highest BCUT2D eigenvalue weighted by Gasteiger charge is 2.28. The highest BCUT2D eigenvalue weighted by atomic mass is 19.3. The summed E-state index contributed by atoms with van der Waals surface area (Å²) in [6.45, 7) is 0. The third kappa shape index (κ3) is 2.49. The summed E-state index contributed by atoms with van der Waals surface area (Å²) < 4.78 is 41.7. The van der Waals surface area contributed by atoms with Crippen LogP contribution < -0.4 is 0 Å². The average Bonchev–Trinajstić information content (AvgIpc) is 2.26. The fraction of sp³-hybridized carbons (Fsp3) is 0.250. The molecule has 0 radical (unpaired) electrons. The first kappa shape index (κ1) is 12.9. The number of esters is 1. The molecule has 0 bridgehead atoms. The number of halogens is 3. The topological polar surface area (TPSA) is 82.3 Å². The molecule has 1 aromatic rings. The van der Waals surface area contributed by atoms with Crippen molar-refractivity contribution in [2.75, 3.05) is 7.11 Å². The number of methoxy groups -OCH3 is 1. The molecule has 0 aliphatic heterocycles. The van der Waals surface area contributed by atoms with Gasteiger partial charge in [-0.15, -0.1) is 0 Å². The van der Waals surface area contributed by atoms with E-state index >= 15 is 0 Å². The van der Waals surface area contributed by atoms with Crippen molar-refractivity contribution in [3.63, 3.8) is 0 Å². The maximum atomic E-state index is 13.0.